The van der Waals surface area contributed by atoms with E-state index in [-0.39, 0.29) is 0 Å². The second kappa shape index (κ2) is 5.63. The SMILES string of the molecule is CCCSSSCC1CO1. The largest absolute Gasteiger partial charge is 0.372 e. The van der Waals surface area contributed by atoms with Gasteiger partial charge in [0.1, 0.15) is 0 Å². The third-order valence-electron chi connectivity index (χ3n) is 1.04. The highest BCUT2D eigenvalue weighted by molar-refractivity contribution is 9.09. The molecule has 10 heavy (non-hydrogen) atoms. The van der Waals surface area contributed by atoms with Crippen LogP contribution in [0.4, 0.5) is 0 Å². The van der Waals surface area contributed by atoms with E-state index in [0.29, 0.717) is 6.10 Å². The first kappa shape index (κ1) is 9.10. The van der Waals surface area contributed by atoms with Crippen molar-refractivity contribution < 1.29 is 4.74 Å². The van der Waals surface area contributed by atoms with E-state index in [1.807, 2.05) is 31.4 Å². The van der Waals surface area contributed by atoms with Crippen molar-refractivity contribution >= 4 is 31.4 Å². The molecule has 1 nitrogen and oxygen atoms in total. The first-order valence-electron chi connectivity index (χ1n) is 3.46. The second-order valence-corrected chi connectivity index (χ2v) is 6.53. The van der Waals surface area contributed by atoms with Crippen molar-refractivity contribution in [3.63, 3.8) is 0 Å². The van der Waals surface area contributed by atoms with Gasteiger partial charge in [0.25, 0.3) is 0 Å². The second-order valence-electron chi connectivity index (χ2n) is 2.13. The molecule has 1 rings (SSSR count). The molecule has 0 bridgehead atoms. The van der Waals surface area contributed by atoms with Crippen LogP contribution in [-0.2, 0) is 4.74 Å². The molecule has 1 heterocycles. The third kappa shape index (κ3) is 4.77. The Kier molecular flexibility index (Phi) is 5.13. The van der Waals surface area contributed by atoms with Gasteiger partial charge in [0.15, 0.2) is 0 Å². The van der Waals surface area contributed by atoms with Crippen LogP contribution in [0.15, 0.2) is 0 Å². The molecule has 0 aromatic heterocycles. The first-order chi connectivity index (χ1) is 4.93. The summed E-state index contributed by atoms with van der Waals surface area (Å²) >= 11 is 0. The van der Waals surface area contributed by atoms with Crippen LogP contribution in [0.25, 0.3) is 0 Å². The normalized spacial score (nSPS) is 23.1. The van der Waals surface area contributed by atoms with E-state index in [2.05, 4.69) is 6.92 Å². The maximum absolute atomic E-state index is 5.07. The quantitative estimate of drug-likeness (QED) is 0.368. The van der Waals surface area contributed by atoms with Crippen LogP contribution in [-0.4, -0.2) is 24.2 Å². The highest BCUT2D eigenvalue weighted by atomic mass is 33.5. The molecule has 1 aliphatic heterocycles. The summed E-state index contributed by atoms with van der Waals surface area (Å²) in [6, 6.07) is 0. The zero-order chi connectivity index (χ0) is 7.23. The van der Waals surface area contributed by atoms with Gasteiger partial charge in [-0.3, -0.25) is 0 Å². The molecular weight excluding hydrogens is 184 g/mol. The maximum atomic E-state index is 5.07. The molecule has 0 amide bonds. The smallest absolute Gasteiger partial charge is 0.0908 e. The summed E-state index contributed by atoms with van der Waals surface area (Å²) in [6.07, 6.45) is 1.86. The lowest BCUT2D eigenvalue weighted by molar-refractivity contribution is 0.426. The number of ether oxygens (including phenoxy) is 1. The Morgan fingerprint density at radius 3 is 2.90 bits per heavy atom. The third-order valence-corrected chi connectivity index (χ3v) is 5.53. The van der Waals surface area contributed by atoms with Gasteiger partial charge < -0.3 is 4.74 Å². The molecule has 0 radical (unpaired) electrons. The van der Waals surface area contributed by atoms with Gasteiger partial charge in [-0.25, -0.2) is 0 Å². The van der Waals surface area contributed by atoms with Crippen LogP contribution in [0.1, 0.15) is 13.3 Å². The lowest BCUT2D eigenvalue weighted by Gasteiger charge is -1.94. The maximum Gasteiger partial charge on any atom is 0.0908 e. The molecule has 0 N–H and O–H groups in total. The fourth-order valence-electron chi connectivity index (χ4n) is 0.419. The summed E-state index contributed by atoms with van der Waals surface area (Å²) in [5, 5.41) is 0. The Morgan fingerprint density at radius 1 is 1.50 bits per heavy atom. The fourth-order valence-corrected chi connectivity index (χ4v) is 4.38. The van der Waals surface area contributed by atoms with Gasteiger partial charge in [-0.05, 0) is 16.2 Å². The molecular formula is C6H12OS3. The predicted octanol–water partition coefficient (Wildman–Crippen LogP) is 2.82. The fraction of sp³-hybridized carbons (Fsp3) is 1.00. The van der Waals surface area contributed by atoms with E-state index in [9.17, 15) is 0 Å². The minimum absolute atomic E-state index is 0.583. The number of hydrogen-bond acceptors (Lipinski definition) is 4. The molecule has 0 aromatic carbocycles. The van der Waals surface area contributed by atoms with Gasteiger partial charge in [0, 0.05) is 11.5 Å². The Bertz CT molecular complexity index is 85.1. The molecule has 60 valence electrons. The molecule has 0 aliphatic carbocycles. The van der Waals surface area contributed by atoms with Crippen LogP contribution in [0, 0.1) is 0 Å². The zero-order valence-corrected chi connectivity index (χ0v) is 8.49. The van der Waals surface area contributed by atoms with Crippen molar-refractivity contribution in [1.82, 2.24) is 0 Å². The average molecular weight is 196 g/mol. The minimum Gasteiger partial charge on any atom is -0.372 e. The summed E-state index contributed by atoms with van der Waals surface area (Å²) in [7, 11) is 5.76. The van der Waals surface area contributed by atoms with Crippen molar-refractivity contribution in [2.24, 2.45) is 0 Å². The monoisotopic (exact) mass is 196 g/mol. The van der Waals surface area contributed by atoms with E-state index < -0.39 is 0 Å². The van der Waals surface area contributed by atoms with Crippen LogP contribution < -0.4 is 0 Å². The molecule has 1 aliphatic rings. The van der Waals surface area contributed by atoms with E-state index in [1.165, 1.54) is 17.9 Å². The Labute approximate surface area is 73.8 Å². The van der Waals surface area contributed by atoms with Crippen molar-refractivity contribution in [3.05, 3.63) is 0 Å². The van der Waals surface area contributed by atoms with Gasteiger partial charge in [0.05, 0.1) is 12.7 Å². The predicted molar refractivity (Wildman–Crippen MR) is 52.5 cm³/mol. The Morgan fingerprint density at radius 2 is 2.30 bits per heavy atom. The molecule has 1 fully saturated rings. The van der Waals surface area contributed by atoms with E-state index in [1.54, 1.807) is 0 Å². The van der Waals surface area contributed by atoms with Crippen molar-refractivity contribution in [1.29, 1.82) is 0 Å². The highest BCUT2D eigenvalue weighted by Crippen LogP contribution is 2.36. The highest BCUT2D eigenvalue weighted by Gasteiger charge is 2.21. The van der Waals surface area contributed by atoms with E-state index in [0.717, 1.165) is 6.61 Å². The molecule has 1 saturated heterocycles. The lowest BCUT2D eigenvalue weighted by Crippen LogP contribution is -1.84. The molecule has 1 unspecified atom stereocenters. The molecule has 0 aromatic rings. The first-order valence-corrected chi connectivity index (χ1v) is 7.28. The van der Waals surface area contributed by atoms with Crippen molar-refractivity contribution in [2.75, 3.05) is 18.1 Å². The summed E-state index contributed by atoms with van der Waals surface area (Å²) in [5.41, 5.74) is 0. The standard InChI is InChI=1S/C6H12OS3/c1-2-3-8-10-9-5-6-4-7-6/h6H,2-5H2,1H3. The average Bonchev–Trinajstić information content (AvgIpc) is 2.71. The molecule has 0 spiro atoms. The van der Waals surface area contributed by atoms with Crippen LogP contribution in [0.2, 0.25) is 0 Å². The summed E-state index contributed by atoms with van der Waals surface area (Å²) < 4.78 is 5.07. The number of epoxide rings is 1. The topological polar surface area (TPSA) is 12.5 Å². The molecule has 0 saturated carbocycles. The van der Waals surface area contributed by atoms with Crippen LogP contribution in [0.3, 0.4) is 0 Å². The lowest BCUT2D eigenvalue weighted by atomic mass is 10.6. The Hall–Kier alpha value is 1.01. The van der Waals surface area contributed by atoms with Crippen molar-refractivity contribution in [2.45, 2.75) is 19.4 Å². The molecule has 4 heteroatoms. The van der Waals surface area contributed by atoms with Gasteiger partial charge in [0.2, 0.25) is 0 Å². The molecule has 1 atom stereocenters. The van der Waals surface area contributed by atoms with Gasteiger partial charge >= 0.3 is 0 Å². The van der Waals surface area contributed by atoms with E-state index in [4.69, 9.17) is 4.74 Å². The summed E-state index contributed by atoms with van der Waals surface area (Å²) in [6.45, 7) is 3.20. The van der Waals surface area contributed by atoms with Crippen molar-refractivity contribution in [3.8, 4) is 0 Å². The van der Waals surface area contributed by atoms with Gasteiger partial charge in [-0.2, -0.15) is 0 Å². The minimum atomic E-state index is 0.583. The Balaban J connectivity index is 1.68. The van der Waals surface area contributed by atoms with Gasteiger partial charge in [-0.15, -0.1) is 0 Å². The summed E-state index contributed by atoms with van der Waals surface area (Å²) in [5.74, 6) is 2.44. The van der Waals surface area contributed by atoms with Crippen LogP contribution >= 0.6 is 31.4 Å². The summed E-state index contributed by atoms with van der Waals surface area (Å²) in [4.78, 5) is 0. The number of hydrogen-bond donors (Lipinski definition) is 0. The van der Waals surface area contributed by atoms with Gasteiger partial charge in [-0.1, -0.05) is 28.5 Å². The van der Waals surface area contributed by atoms with Crippen LogP contribution in [0.5, 0.6) is 0 Å². The zero-order valence-electron chi connectivity index (χ0n) is 6.04. The number of rotatable bonds is 6. The van der Waals surface area contributed by atoms with E-state index >= 15 is 0 Å².